The van der Waals surface area contributed by atoms with Crippen LogP contribution in [0.5, 0.6) is 5.75 Å². The predicted octanol–water partition coefficient (Wildman–Crippen LogP) is 5.74. The van der Waals surface area contributed by atoms with E-state index in [0.29, 0.717) is 12.5 Å². The Balaban J connectivity index is 2.00. The first kappa shape index (κ1) is 16.3. The quantitative estimate of drug-likeness (QED) is 0.597. The van der Waals surface area contributed by atoms with Crippen LogP contribution >= 0.6 is 0 Å². The van der Waals surface area contributed by atoms with E-state index in [1.54, 1.807) is 0 Å². The Hall–Kier alpha value is -2.09. The number of hydrogen-bond acceptors (Lipinski definition) is 2. The van der Waals surface area contributed by atoms with Gasteiger partial charge in [0.2, 0.25) is 0 Å². The van der Waals surface area contributed by atoms with Gasteiger partial charge in [0.05, 0.1) is 12.3 Å². The molecule has 2 nitrogen and oxygen atoms in total. The molecule has 0 amide bonds. The molecule has 0 spiro atoms. The summed E-state index contributed by atoms with van der Waals surface area (Å²) in [5.74, 6) is 1.52. The molecule has 22 heavy (non-hydrogen) atoms. The average Bonchev–Trinajstić information content (AvgIpc) is 2.55. The molecule has 116 valence electrons. The minimum atomic E-state index is 0.620. The number of nitrogens with zero attached hydrogens (tertiary/aromatic N) is 1. The summed E-state index contributed by atoms with van der Waals surface area (Å²) in [5, 5.41) is 0. The summed E-state index contributed by atoms with van der Waals surface area (Å²) in [6.45, 7) is 7.18. The van der Waals surface area contributed by atoms with Crippen LogP contribution in [0, 0.1) is 0 Å². The van der Waals surface area contributed by atoms with Gasteiger partial charge in [0.15, 0.2) is 0 Å². The van der Waals surface area contributed by atoms with Gasteiger partial charge in [0.1, 0.15) is 5.75 Å². The average molecular weight is 295 g/mol. The van der Waals surface area contributed by atoms with Crippen LogP contribution in [0.4, 0.5) is 5.69 Å². The molecule has 0 aliphatic heterocycles. The predicted molar refractivity (Wildman–Crippen MR) is 94.6 cm³/mol. The second kappa shape index (κ2) is 8.38. The molecule has 2 aromatic carbocycles. The second-order valence-electron chi connectivity index (χ2n) is 5.54. The van der Waals surface area contributed by atoms with Gasteiger partial charge in [-0.1, -0.05) is 32.4 Å². The van der Waals surface area contributed by atoms with E-state index in [-0.39, 0.29) is 0 Å². The van der Waals surface area contributed by atoms with E-state index >= 15 is 0 Å². The molecule has 1 unspecified atom stereocenters. The lowest BCUT2D eigenvalue weighted by atomic mass is 9.96. The zero-order chi connectivity index (χ0) is 15.8. The first-order valence-electron chi connectivity index (χ1n) is 8.09. The van der Waals surface area contributed by atoms with Crippen LogP contribution in [0.15, 0.2) is 53.5 Å². The number of aliphatic imine (C=N–C) groups is 1. The highest BCUT2D eigenvalue weighted by molar-refractivity contribution is 5.82. The van der Waals surface area contributed by atoms with Gasteiger partial charge in [-0.15, -0.1) is 0 Å². The van der Waals surface area contributed by atoms with Crippen LogP contribution < -0.4 is 4.74 Å². The van der Waals surface area contributed by atoms with Gasteiger partial charge in [-0.3, -0.25) is 4.99 Å². The Morgan fingerprint density at radius 1 is 1.00 bits per heavy atom. The van der Waals surface area contributed by atoms with E-state index in [4.69, 9.17) is 4.74 Å². The molecule has 0 bridgehead atoms. The van der Waals surface area contributed by atoms with Crippen molar-refractivity contribution in [3.63, 3.8) is 0 Å². The van der Waals surface area contributed by atoms with Gasteiger partial charge in [0, 0.05) is 6.21 Å². The summed E-state index contributed by atoms with van der Waals surface area (Å²) in [6, 6.07) is 16.5. The lowest BCUT2D eigenvalue weighted by Crippen LogP contribution is -1.92. The van der Waals surface area contributed by atoms with Crippen molar-refractivity contribution in [1.82, 2.24) is 0 Å². The van der Waals surface area contributed by atoms with E-state index in [1.165, 1.54) is 18.4 Å². The molecule has 2 aromatic rings. The number of benzene rings is 2. The lowest BCUT2D eigenvalue weighted by Gasteiger charge is -2.10. The van der Waals surface area contributed by atoms with E-state index in [0.717, 1.165) is 17.0 Å². The topological polar surface area (TPSA) is 21.6 Å². The normalized spacial score (nSPS) is 12.5. The number of ether oxygens (including phenoxy) is 1. The third kappa shape index (κ3) is 4.73. The van der Waals surface area contributed by atoms with Crippen molar-refractivity contribution in [2.45, 2.75) is 39.5 Å². The third-order valence-electron chi connectivity index (χ3n) is 3.74. The highest BCUT2D eigenvalue weighted by Crippen LogP contribution is 2.23. The smallest absolute Gasteiger partial charge is 0.119 e. The Labute approximate surface area is 133 Å². The molecule has 0 N–H and O–H groups in total. The van der Waals surface area contributed by atoms with Crippen molar-refractivity contribution in [1.29, 1.82) is 0 Å². The molecule has 0 heterocycles. The molecule has 0 aliphatic rings. The maximum Gasteiger partial charge on any atom is 0.119 e. The van der Waals surface area contributed by atoms with E-state index in [9.17, 15) is 0 Å². The van der Waals surface area contributed by atoms with Crippen molar-refractivity contribution in [3.8, 4) is 5.75 Å². The van der Waals surface area contributed by atoms with Gasteiger partial charge in [-0.05, 0) is 66.8 Å². The fraction of sp³-hybridized carbons (Fsp3) is 0.350. The Morgan fingerprint density at radius 2 is 1.68 bits per heavy atom. The molecular weight excluding hydrogens is 270 g/mol. The molecule has 2 rings (SSSR count). The Morgan fingerprint density at radius 3 is 2.27 bits per heavy atom. The number of rotatable bonds is 7. The number of hydrogen-bond donors (Lipinski definition) is 0. The highest BCUT2D eigenvalue weighted by Gasteiger charge is 2.03. The Kier molecular flexibility index (Phi) is 6.20. The van der Waals surface area contributed by atoms with E-state index < -0.39 is 0 Å². The SMILES string of the molecule is CCCC(C)c1ccc(N=Cc2ccc(OCC)cc2)cc1. The summed E-state index contributed by atoms with van der Waals surface area (Å²) >= 11 is 0. The van der Waals surface area contributed by atoms with E-state index in [1.807, 2.05) is 37.4 Å². The first-order valence-corrected chi connectivity index (χ1v) is 8.09. The Bertz CT molecular complexity index is 584. The lowest BCUT2D eigenvalue weighted by molar-refractivity contribution is 0.340. The van der Waals surface area contributed by atoms with Gasteiger partial charge in [-0.2, -0.15) is 0 Å². The zero-order valence-corrected chi connectivity index (χ0v) is 13.8. The molecule has 2 heteroatoms. The van der Waals surface area contributed by atoms with Gasteiger partial charge in [0.25, 0.3) is 0 Å². The first-order chi connectivity index (χ1) is 10.7. The molecule has 1 atom stereocenters. The minimum Gasteiger partial charge on any atom is -0.494 e. The van der Waals surface area contributed by atoms with Crippen LogP contribution in [-0.4, -0.2) is 12.8 Å². The minimum absolute atomic E-state index is 0.620. The fourth-order valence-electron chi connectivity index (χ4n) is 2.45. The van der Waals surface area contributed by atoms with Crippen LogP contribution in [0.25, 0.3) is 0 Å². The largest absolute Gasteiger partial charge is 0.494 e. The van der Waals surface area contributed by atoms with Crippen molar-refractivity contribution in [2.75, 3.05) is 6.61 Å². The highest BCUT2D eigenvalue weighted by atomic mass is 16.5. The van der Waals surface area contributed by atoms with Gasteiger partial charge >= 0.3 is 0 Å². The van der Waals surface area contributed by atoms with Crippen molar-refractivity contribution in [3.05, 3.63) is 59.7 Å². The van der Waals surface area contributed by atoms with Crippen LogP contribution in [0.2, 0.25) is 0 Å². The summed E-state index contributed by atoms with van der Waals surface area (Å²) in [4.78, 5) is 4.53. The van der Waals surface area contributed by atoms with Crippen molar-refractivity contribution in [2.24, 2.45) is 4.99 Å². The van der Waals surface area contributed by atoms with Gasteiger partial charge in [-0.25, -0.2) is 0 Å². The maximum atomic E-state index is 5.43. The summed E-state index contributed by atoms with van der Waals surface area (Å²) in [5.41, 5.74) is 3.45. The zero-order valence-electron chi connectivity index (χ0n) is 13.8. The molecule has 0 fully saturated rings. The van der Waals surface area contributed by atoms with Crippen LogP contribution in [-0.2, 0) is 0 Å². The maximum absolute atomic E-state index is 5.43. The van der Waals surface area contributed by atoms with Gasteiger partial charge < -0.3 is 4.74 Å². The van der Waals surface area contributed by atoms with E-state index in [2.05, 4.69) is 43.1 Å². The monoisotopic (exact) mass is 295 g/mol. The van der Waals surface area contributed by atoms with Crippen molar-refractivity contribution < 1.29 is 4.74 Å². The van der Waals surface area contributed by atoms with Crippen LogP contribution in [0.3, 0.4) is 0 Å². The molecule has 0 saturated carbocycles. The molecule has 0 saturated heterocycles. The molecule has 0 radical (unpaired) electrons. The summed E-state index contributed by atoms with van der Waals surface area (Å²) in [6.07, 6.45) is 4.34. The summed E-state index contributed by atoms with van der Waals surface area (Å²) < 4.78 is 5.43. The fourth-order valence-corrected chi connectivity index (χ4v) is 2.45. The molecule has 0 aliphatic carbocycles. The standard InChI is InChI=1S/C20H25NO/c1-4-6-16(3)18-9-11-19(12-10-18)21-15-17-7-13-20(14-8-17)22-5-2/h7-16H,4-6H2,1-3H3. The summed E-state index contributed by atoms with van der Waals surface area (Å²) in [7, 11) is 0. The third-order valence-corrected chi connectivity index (χ3v) is 3.74. The van der Waals surface area contributed by atoms with Crippen molar-refractivity contribution >= 4 is 11.9 Å². The van der Waals surface area contributed by atoms with Crippen LogP contribution in [0.1, 0.15) is 50.7 Å². The second-order valence-corrected chi connectivity index (χ2v) is 5.54. The molecule has 0 aromatic heterocycles. The molecular formula is C20H25NO.